The van der Waals surface area contributed by atoms with E-state index in [0.29, 0.717) is 29.2 Å². The Balaban J connectivity index is 1.31. The van der Waals surface area contributed by atoms with E-state index in [4.69, 9.17) is 17.0 Å². The van der Waals surface area contributed by atoms with E-state index in [1.54, 1.807) is 4.68 Å². The molecule has 0 bridgehead atoms. The van der Waals surface area contributed by atoms with Crippen LogP contribution in [0.15, 0.2) is 47.8 Å². The van der Waals surface area contributed by atoms with Crippen LogP contribution in [0, 0.1) is 0 Å². The molecule has 0 unspecified atom stereocenters. The second-order valence-corrected chi connectivity index (χ2v) is 8.91. The molecular weight excluding hydrogens is 460 g/mol. The zero-order valence-electron chi connectivity index (χ0n) is 18.2. The monoisotopic (exact) mass is 486 g/mol. The number of amides is 1. The molecule has 1 saturated heterocycles. The van der Waals surface area contributed by atoms with Gasteiger partial charge in [-0.2, -0.15) is 5.10 Å². The van der Waals surface area contributed by atoms with Gasteiger partial charge < -0.3 is 10.1 Å². The van der Waals surface area contributed by atoms with Gasteiger partial charge in [-0.15, -0.1) is 10.2 Å². The molecule has 174 valence electrons. The van der Waals surface area contributed by atoms with Crippen molar-refractivity contribution >= 4 is 35.0 Å². The minimum Gasteiger partial charge on any atom is -0.376 e. The Morgan fingerprint density at radius 2 is 2.09 bits per heavy atom. The van der Waals surface area contributed by atoms with Crippen LogP contribution in [0.3, 0.4) is 0 Å². The Morgan fingerprint density at radius 3 is 2.82 bits per heavy atom. The lowest BCUT2D eigenvalue weighted by atomic mass is 10.2. The van der Waals surface area contributed by atoms with E-state index in [9.17, 15) is 4.79 Å². The zero-order valence-corrected chi connectivity index (χ0v) is 19.9. The fourth-order valence-electron chi connectivity index (χ4n) is 3.39. The molecule has 0 aliphatic carbocycles. The number of benzene rings is 1. The fraction of sp³-hybridized carbons (Fsp3) is 0.381. The summed E-state index contributed by atoms with van der Waals surface area (Å²) in [5.41, 5.74) is 7.17. The quantitative estimate of drug-likeness (QED) is 0.249. The third kappa shape index (κ3) is 6.53. The first-order valence-electron chi connectivity index (χ1n) is 10.6. The number of hydrogen-bond donors (Lipinski definition) is 3. The van der Waals surface area contributed by atoms with E-state index in [1.165, 1.54) is 11.8 Å². The lowest BCUT2D eigenvalue weighted by Crippen LogP contribution is -2.47. The van der Waals surface area contributed by atoms with Gasteiger partial charge in [0.15, 0.2) is 16.1 Å². The highest BCUT2D eigenvalue weighted by molar-refractivity contribution is 7.99. The first-order chi connectivity index (χ1) is 16.1. The van der Waals surface area contributed by atoms with Gasteiger partial charge in [-0.3, -0.25) is 24.9 Å². The standard InChI is InChI=1S/C21H26N8O2S2/c1-28-10-9-17(27-28)19-24-26-21(29(19)13-16-8-5-11-31-16)33-14-18(30)23-25-20(32)22-12-15-6-3-2-4-7-15/h2-4,6-7,9-10,16H,5,8,11-14H2,1H3,(H,23,30)(H2,22,25,32)/t16-/m1/s1. The summed E-state index contributed by atoms with van der Waals surface area (Å²) in [4.78, 5) is 12.4. The average Bonchev–Trinajstić information content (AvgIpc) is 3.58. The molecule has 1 fully saturated rings. The Bertz CT molecular complexity index is 1080. The van der Waals surface area contributed by atoms with Crippen molar-refractivity contribution in [1.82, 2.24) is 40.7 Å². The molecule has 1 aliphatic rings. The summed E-state index contributed by atoms with van der Waals surface area (Å²) in [7, 11) is 1.86. The van der Waals surface area contributed by atoms with Crippen LogP contribution in [-0.4, -0.2) is 54.0 Å². The summed E-state index contributed by atoms with van der Waals surface area (Å²) in [5, 5.41) is 17.1. The van der Waals surface area contributed by atoms with Gasteiger partial charge in [0.25, 0.3) is 0 Å². The molecule has 0 spiro atoms. The van der Waals surface area contributed by atoms with E-state index in [0.717, 1.165) is 30.7 Å². The Hall–Kier alpha value is -2.96. The second-order valence-electron chi connectivity index (χ2n) is 7.56. The SMILES string of the molecule is Cn1ccc(-c2nnc(SCC(=O)NNC(=S)NCc3ccccc3)n2C[C@H]2CCCO2)n1. The maximum Gasteiger partial charge on any atom is 0.248 e. The third-order valence-corrected chi connectivity index (χ3v) is 6.23. The zero-order chi connectivity index (χ0) is 23.0. The van der Waals surface area contributed by atoms with Crippen molar-refractivity contribution in [3.63, 3.8) is 0 Å². The summed E-state index contributed by atoms with van der Waals surface area (Å²) in [6.45, 7) is 1.95. The van der Waals surface area contributed by atoms with Crippen LogP contribution < -0.4 is 16.2 Å². The topological polar surface area (TPSA) is 111 Å². The van der Waals surface area contributed by atoms with Crippen molar-refractivity contribution in [2.45, 2.75) is 37.2 Å². The van der Waals surface area contributed by atoms with Crippen LogP contribution in [0.5, 0.6) is 0 Å². The highest BCUT2D eigenvalue weighted by Crippen LogP contribution is 2.25. The van der Waals surface area contributed by atoms with Gasteiger partial charge in [0.05, 0.1) is 18.4 Å². The second kappa shape index (κ2) is 11.3. The molecule has 1 aromatic carbocycles. The maximum atomic E-state index is 12.4. The average molecular weight is 487 g/mol. The molecule has 0 saturated carbocycles. The van der Waals surface area contributed by atoms with Gasteiger partial charge in [-0.05, 0) is 36.7 Å². The lowest BCUT2D eigenvalue weighted by Gasteiger charge is -2.14. The summed E-state index contributed by atoms with van der Waals surface area (Å²) in [6.07, 6.45) is 4.00. The van der Waals surface area contributed by atoms with Gasteiger partial charge >= 0.3 is 0 Å². The number of thiocarbonyl (C=S) groups is 1. The molecule has 4 rings (SSSR count). The van der Waals surface area contributed by atoms with Gasteiger partial charge in [-0.25, -0.2) is 0 Å². The lowest BCUT2D eigenvalue weighted by molar-refractivity contribution is -0.119. The van der Waals surface area contributed by atoms with Gasteiger partial charge in [-0.1, -0.05) is 42.1 Å². The van der Waals surface area contributed by atoms with Crippen molar-refractivity contribution in [2.24, 2.45) is 7.05 Å². The molecule has 3 aromatic rings. The number of nitrogens with one attached hydrogen (secondary N) is 3. The Labute approximate surface area is 201 Å². The predicted octanol–water partition coefficient (Wildman–Crippen LogP) is 1.65. The number of hydrogen-bond acceptors (Lipinski definition) is 7. The van der Waals surface area contributed by atoms with Crippen LogP contribution in [-0.2, 0) is 29.7 Å². The summed E-state index contributed by atoms with van der Waals surface area (Å²) in [5.74, 6) is 0.591. The Morgan fingerprint density at radius 1 is 1.24 bits per heavy atom. The number of hydrazine groups is 1. The smallest absolute Gasteiger partial charge is 0.248 e. The molecule has 33 heavy (non-hydrogen) atoms. The van der Waals surface area contributed by atoms with E-state index in [1.807, 2.05) is 54.2 Å². The number of aromatic nitrogens is 5. The number of carbonyl (C=O) groups is 1. The van der Waals surface area contributed by atoms with Gasteiger partial charge in [0.1, 0.15) is 5.69 Å². The van der Waals surface area contributed by atoms with Crippen molar-refractivity contribution < 1.29 is 9.53 Å². The molecule has 0 radical (unpaired) electrons. The van der Waals surface area contributed by atoms with Crippen LogP contribution in [0.2, 0.25) is 0 Å². The first kappa shape index (κ1) is 23.2. The van der Waals surface area contributed by atoms with Crippen LogP contribution in [0.4, 0.5) is 0 Å². The molecule has 1 aliphatic heterocycles. The Kier molecular flexibility index (Phi) is 7.92. The van der Waals surface area contributed by atoms with E-state index in [2.05, 4.69) is 31.5 Å². The normalized spacial score (nSPS) is 15.4. The summed E-state index contributed by atoms with van der Waals surface area (Å²) < 4.78 is 9.51. The van der Waals surface area contributed by atoms with E-state index < -0.39 is 0 Å². The highest BCUT2D eigenvalue weighted by Gasteiger charge is 2.23. The minimum atomic E-state index is -0.227. The predicted molar refractivity (Wildman–Crippen MR) is 129 cm³/mol. The molecule has 3 heterocycles. The minimum absolute atomic E-state index is 0.103. The van der Waals surface area contributed by atoms with Crippen molar-refractivity contribution in [3.05, 3.63) is 48.2 Å². The number of ether oxygens (including phenoxy) is 1. The van der Waals surface area contributed by atoms with Gasteiger partial charge in [0.2, 0.25) is 5.91 Å². The number of aryl methyl sites for hydroxylation is 1. The van der Waals surface area contributed by atoms with Crippen LogP contribution in [0.1, 0.15) is 18.4 Å². The number of nitrogens with zero attached hydrogens (tertiary/aromatic N) is 5. The molecule has 12 heteroatoms. The molecular formula is C21H26N8O2S2. The molecule has 1 amide bonds. The van der Waals surface area contributed by atoms with Gasteiger partial charge in [0, 0.05) is 26.4 Å². The van der Waals surface area contributed by atoms with E-state index >= 15 is 0 Å². The highest BCUT2D eigenvalue weighted by atomic mass is 32.2. The largest absolute Gasteiger partial charge is 0.376 e. The van der Waals surface area contributed by atoms with E-state index in [-0.39, 0.29) is 17.8 Å². The maximum absolute atomic E-state index is 12.4. The van der Waals surface area contributed by atoms with Crippen LogP contribution in [0.25, 0.3) is 11.5 Å². The summed E-state index contributed by atoms with van der Waals surface area (Å²) >= 11 is 6.52. The number of carbonyl (C=O) groups excluding carboxylic acids is 1. The van der Waals surface area contributed by atoms with Crippen molar-refractivity contribution in [1.29, 1.82) is 0 Å². The third-order valence-electron chi connectivity index (χ3n) is 5.01. The molecule has 10 nitrogen and oxygen atoms in total. The fourth-order valence-corrected chi connectivity index (χ4v) is 4.26. The first-order valence-corrected chi connectivity index (χ1v) is 12.0. The van der Waals surface area contributed by atoms with Crippen molar-refractivity contribution in [3.8, 4) is 11.5 Å². The number of rotatable bonds is 8. The van der Waals surface area contributed by atoms with Crippen LogP contribution >= 0.6 is 24.0 Å². The number of thioether (sulfide) groups is 1. The summed E-state index contributed by atoms with van der Waals surface area (Å²) in [6, 6.07) is 11.8. The molecule has 1 atom stereocenters. The van der Waals surface area contributed by atoms with Crippen molar-refractivity contribution in [2.75, 3.05) is 12.4 Å². The molecule has 3 N–H and O–H groups in total. The molecule has 2 aromatic heterocycles.